The zero-order valence-corrected chi connectivity index (χ0v) is 14.7. The first-order valence-electron chi connectivity index (χ1n) is 8.24. The van der Waals surface area contributed by atoms with Crippen LogP contribution in [0.3, 0.4) is 0 Å². The molecule has 0 spiro atoms. The molecule has 126 valence electrons. The number of para-hydroxylation sites is 1. The van der Waals surface area contributed by atoms with Gasteiger partial charge in [-0.05, 0) is 31.5 Å². The molecule has 0 saturated carbocycles. The molecule has 1 N–H and O–H groups in total. The van der Waals surface area contributed by atoms with Crippen LogP contribution in [0.2, 0.25) is 0 Å². The largest absolute Gasteiger partial charge is 0.371 e. The molecule has 0 bridgehead atoms. The van der Waals surface area contributed by atoms with Gasteiger partial charge in [-0.3, -0.25) is 15.1 Å². The summed E-state index contributed by atoms with van der Waals surface area (Å²) in [6, 6.07) is 11.9. The standard InChI is InChI=1S/C19H18N4OS/c1-13-7-8-14(11-20-13)18(24)22-19-21-16(12-25-19)15-5-2-3-6-17(15)23-9-4-10-23/h2-3,5-8,11-12H,4,9-10H2,1H3,(H,21,22,24). The predicted molar refractivity (Wildman–Crippen MR) is 101 cm³/mol. The van der Waals surface area contributed by atoms with Crippen molar-refractivity contribution in [3.63, 3.8) is 0 Å². The molecule has 1 aliphatic heterocycles. The fourth-order valence-electron chi connectivity index (χ4n) is 2.75. The van der Waals surface area contributed by atoms with E-state index in [1.54, 1.807) is 12.3 Å². The number of hydrogen-bond donors (Lipinski definition) is 1. The number of nitrogens with zero attached hydrogens (tertiary/aromatic N) is 3. The first-order chi connectivity index (χ1) is 12.2. The van der Waals surface area contributed by atoms with E-state index in [9.17, 15) is 4.79 Å². The highest BCUT2D eigenvalue weighted by Gasteiger charge is 2.19. The molecular formula is C19H18N4OS. The highest BCUT2D eigenvalue weighted by Crippen LogP contribution is 2.34. The number of anilines is 2. The number of carbonyl (C=O) groups excluding carboxylic acids is 1. The van der Waals surface area contributed by atoms with E-state index in [2.05, 4.69) is 38.4 Å². The number of amides is 1. The van der Waals surface area contributed by atoms with Crippen LogP contribution in [-0.4, -0.2) is 29.0 Å². The normalized spacial score (nSPS) is 13.4. The average Bonchev–Trinajstić information content (AvgIpc) is 3.03. The quantitative estimate of drug-likeness (QED) is 0.773. The Morgan fingerprint density at radius 1 is 1.20 bits per heavy atom. The molecule has 1 aliphatic rings. The molecule has 1 saturated heterocycles. The van der Waals surface area contributed by atoms with Crippen molar-refractivity contribution in [2.75, 3.05) is 23.3 Å². The van der Waals surface area contributed by atoms with Gasteiger partial charge in [-0.15, -0.1) is 11.3 Å². The minimum Gasteiger partial charge on any atom is -0.371 e. The second-order valence-electron chi connectivity index (χ2n) is 6.04. The van der Waals surface area contributed by atoms with Gasteiger partial charge in [-0.1, -0.05) is 18.2 Å². The van der Waals surface area contributed by atoms with E-state index in [0.717, 1.165) is 30.0 Å². The Bertz CT molecular complexity index is 900. The van der Waals surface area contributed by atoms with Crippen LogP contribution >= 0.6 is 11.3 Å². The topological polar surface area (TPSA) is 58.1 Å². The van der Waals surface area contributed by atoms with Gasteiger partial charge in [0.05, 0.1) is 11.3 Å². The van der Waals surface area contributed by atoms with Gasteiger partial charge in [-0.25, -0.2) is 4.98 Å². The highest BCUT2D eigenvalue weighted by molar-refractivity contribution is 7.14. The fourth-order valence-corrected chi connectivity index (χ4v) is 3.45. The number of carbonyl (C=O) groups is 1. The van der Waals surface area contributed by atoms with E-state index in [4.69, 9.17) is 0 Å². The summed E-state index contributed by atoms with van der Waals surface area (Å²) in [5.41, 5.74) is 4.62. The van der Waals surface area contributed by atoms with Gasteiger partial charge in [0.2, 0.25) is 0 Å². The van der Waals surface area contributed by atoms with Crippen molar-refractivity contribution in [3.8, 4) is 11.3 Å². The Kier molecular flexibility index (Phi) is 4.19. The van der Waals surface area contributed by atoms with Crippen molar-refractivity contribution in [2.45, 2.75) is 13.3 Å². The average molecular weight is 350 g/mol. The lowest BCUT2D eigenvalue weighted by molar-refractivity contribution is 0.102. The summed E-state index contributed by atoms with van der Waals surface area (Å²) in [5, 5.41) is 5.44. The fraction of sp³-hybridized carbons (Fsp3) is 0.211. The number of rotatable bonds is 4. The number of benzene rings is 1. The zero-order chi connectivity index (χ0) is 17.2. The van der Waals surface area contributed by atoms with Crippen LogP contribution in [0, 0.1) is 6.92 Å². The molecule has 0 atom stereocenters. The maximum absolute atomic E-state index is 12.3. The Morgan fingerprint density at radius 2 is 2.04 bits per heavy atom. The van der Waals surface area contributed by atoms with Crippen molar-refractivity contribution in [3.05, 3.63) is 59.2 Å². The van der Waals surface area contributed by atoms with Crippen molar-refractivity contribution in [1.29, 1.82) is 0 Å². The van der Waals surface area contributed by atoms with Crippen molar-refractivity contribution in [1.82, 2.24) is 9.97 Å². The molecular weight excluding hydrogens is 332 g/mol. The number of nitrogens with one attached hydrogen (secondary N) is 1. The van der Waals surface area contributed by atoms with Crippen LogP contribution in [0.5, 0.6) is 0 Å². The van der Waals surface area contributed by atoms with Gasteiger partial charge in [0.25, 0.3) is 5.91 Å². The predicted octanol–water partition coefficient (Wildman–Crippen LogP) is 3.98. The number of hydrogen-bond acceptors (Lipinski definition) is 5. The molecule has 3 heterocycles. The Balaban J connectivity index is 1.55. The first-order valence-corrected chi connectivity index (χ1v) is 9.12. The van der Waals surface area contributed by atoms with Gasteiger partial charge in [0.1, 0.15) is 0 Å². The second-order valence-corrected chi connectivity index (χ2v) is 6.90. The Hall–Kier alpha value is -2.73. The number of pyridine rings is 1. The van der Waals surface area contributed by atoms with Gasteiger partial charge in [0.15, 0.2) is 5.13 Å². The zero-order valence-electron chi connectivity index (χ0n) is 13.9. The summed E-state index contributed by atoms with van der Waals surface area (Å²) >= 11 is 1.43. The molecule has 2 aromatic heterocycles. The lowest BCUT2D eigenvalue weighted by atomic mass is 10.1. The first kappa shape index (κ1) is 15.8. The van der Waals surface area contributed by atoms with E-state index < -0.39 is 0 Å². The lowest BCUT2D eigenvalue weighted by Crippen LogP contribution is -2.37. The number of aryl methyl sites for hydroxylation is 1. The van der Waals surface area contributed by atoms with Crippen LogP contribution in [-0.2, 0) is 0 Å². The molecule has 1 amide bonds. The van der Waals surface area contributed by atoms with Gasteiger partial charge >= 0.3 is 0 Å². The van der Waals surface area contributed by atoms with Crippen LogP contribution in [0.4, 0.5) is 10.8 Å². The maximum atomic E-state index is 12.3. The van der Waals surface area contributed by atoms with E-state index in [1.165, 1.54) is 23.4 Å². The number of thiazole rings is 1. The summed E-state index contributed by atoms with van der Waals surface area (Å²) in [7, 11) is 0. The van der Waals surface area contributed by atoms with E-state index in [1.807, 2.05) is 24.4 Å². The molecule has 0 radical (unpaired) electrons. The summed E-state index contributed by atoms with van der Waals surface area (Å²) in [4.78, 5) is 23.4. The molecule has 4 rings (SSSR count). The summed E-state index contributed by atoms with van der Waals surface area (Å²) in [6.07, 6.45) is 2.82. The minimum absolute atomic E-state index is 0.190. The summed E-state index contributed by atoms with van der Waals surface area (Å²) < 4.78 is 0. The third-order valence-corrected chi connectivity index (χ3v) is 5.03. The van der Waals surface area contributed by atoms with Gasteiger partial charge < -0.3 is 4.90 Å². The third-order valence-electron chi connectivity index (χ3n) is 4.27. The Morgan fingerprint density at radius 3 is 2.76 bits per heavy atom. The van der Waals surface area contributed by atoms with Crippen LogP contribution < -0.4 is 10.2 Å². The Labute approximate surface area is 150 Å². The minimum atomic E-state index is -0.190. The summed E-state index contributed by atoms with van der Waals surface area (Å²) in [5.74, 6) is -0.190. The molecule has 3 aromatic rings. The van der Waals surface area contributed by atoms with Gasteiger partial charge in [-0.2, -0.15) is 0 Å². The number of aromatic nitrogens is 2. The van der Waals surface area contributed by atoms with Crippen molar-refractivity contribution in [2.24, 2.45) is 0 Å². The maximum Gasteiger partial charge on any atom is 0.259 e. The smallest absolute Gasteiger partial charge is 0.259 e. The van der Waals surface area contributed by atoms with Crippen LogP contribution in [0.25, 0.3) is 11.3 Å². The second kappa shape index (κ2) is 6.64. The molecule has 1 fully saturated rings. The van der Waals surface area contributed by atoms with Crippen molar-refractivity contribution < 1.29 is 4.79 Å². The molecule has 6 heteroatoms. The van der Waals surface area contributed by atoms with Crippen molar-refractivity contribution >= 4 is 28.1 Å². The molecule has 1 aromatic carbocycles. The molecule has 0 aliphatic carbocycles. The SMILES string of the molecule is Cc1ccc(C(=O)Nc2nc(-c3ccccc3N3CCC3)cs2)cn1. The van der Waals surface area contributed by atoms with Gasteiger partial charge in [0, 0.05) is 41.6 Å². The van der Waals surface area contributed by atoms with E-state index >= 15 is 0 Å². The molecule has 5 nitrogen and oxygen atoms in total. The molecule has 0 unspecified atom stereocenters. The highest BCUT2D eigenvalue weighted by atomic mass is 32.1. The third kappa shape index (κ3) is 3.25. The monoisotopic (exact) mass is 350 g/mol. The summed E-state index contributed by atoms with van der Waals surface area (Å²) in [6.45, 7) is 4.07. The molecule has 25 heavy (non-hydrogen) atoms. The van der Waals surface area contributed by atoms with E-state index in [0.29, 0.717) is 10.7 Å². The van der Waals surface area contributed by atoms with Crippen LogP contribution in [0.15, 0.2) is 48.0 Å². The van der Waals surface area contributed by atoms with E-state index in [-0.39, 0.29) is 5.91 Å². The van der Waals surface area contributed by atoms with Crippen LogP contribution in [0.1, 0.15) is 22.5 Å². The lowest BCUT2D eigenvalue weighted by Gasteiger charge is -2.34.